The average molecular weight is 405 g/mol. The van der Waals surface area contributed by atoms with E-state index >= 15 is 0 Å². The predicted octanol–water partition coefficient (Wildman–Crippen LogP) is 2.96. The molecule has 0 saturated carbocycles. The Bertz CT molecular complexity index is 984. The molecule has 0 bridgehead atoms. The number of rotatable bonds is 5. The molecule has 2 heterocycles. The molecule has 0 aromatic heterocycles. The molecular formula is C24H27N3O3. The molecule has 2 aromatic carbocycles. The van der Waals surface area contributed by atoms with E-state index in [0.29, 0.717) is 26.1 Å². The first kappa shape index (κ1) is 20.1. The third kappa shape index (κ3) is 3.95. The Morgan fingerprint density at radius 3 is 2.63 bits per heavy atom. The van der Waals surface area contributed by atoms with Crippen LogP contribution >= 0.6 is 0 Å². The first-order valence-corrected chi connectivity index (χ1v) is 10.5. The maximum Gasteiger partial charge on any atom is 0.227 e. The van der Waals surface area contributed by atoms with Gasteiger partial charge in [-0.15, -0.1) is 0 Å². The lowest BCUT2D eigenvalue weighted by molar-refractivity contribution is -0.126. The minimum atomic E-state index is -0.352. The average Bonchev–Trinajstić information content (AvgIpc) is 3.35. The summed E-state index contributed by atoms with van der Waals surface area (Å²) in [5.74, 6) is -0.365. The second-order valence-electron chi connectivity index (χ2n) is 8.07. The van der Waals surface area contributed by atoms with Crippen LogP contribution in [0.5, 0.6) is 0 Å². The van der Waals surface area contributed by atoms with Crippen molar-refractivity contribution in [1.82, 2.24) is 5.32 Å². The molecule has 0 unspecified atom stereocenters. The molecule has 6 heteroatoms. The smallest absolute Gasteiger partial charge is 0.227 e. The molecule has 2 aliphatic heterocycles. The van der Waals surface area contributed by atoms with E-state index in [0.717, 1.165) is 28.9 Å². The summed E-state index contributed by atoms with van der Waals surface area (Å²) in [4.78, 5) is 40.8. The van der Waals surface area contributed by atoms with Crippen molar-refractivity contribution in [2.75, 3.05) is 22.9 Å². The zero-order valence-electron chi connectivity index (χ0n) is 17.5. The van der Waals surface area contributed by atoms with Crippen LogP contribution in [0.3, 0.4) is 0 Å². The van der Waals surface area contributed by atoms with Crippen LogP contribution in [0, 0.1) is 12.8 Å². The van der Waals surface area contributed by atoms with Gasteiger partial charge in [-0.05, 0) is 42.7 Å². The molecule has 6 nitrogen and oxygen atoms in total. The summed E-state index contributed by atoms with van der Waals surface area (Å²) >= 11 is 0. The standard InChI is InChI=1S/C24H27N3O3/c1-3-22(28)26-11-10-18-12-20(8-9-21(18)26)27-15-19(13-23(27)29)24(30)25-14-17-6-4-16(2)5-7-17/h4-9,12,19H,3,10-11,13-15H2,1-2H3,(H,25,30)/t19-/m1/s1. The number of benzene rings is 2. The van der Waals surface area contributed by atoms with Gasteiger partial charge in [0.15, 0.2) is 0 Å². The summed E-state index contributed by atoms with van der Waals surface area (Å²) in [6.45, 7) is 5.42. The summed E-state index contributed by atoms with van der Waals surface area (Å²) in [6, 6.07) is 13.8. The lowest BCUT2D eigenvalue weighted by atomic mass is 10.1. The number of nitrogens with one attached hydrogen (secondary N) is 1. The number of fused-ring (bicyclic) bond motifs is 1. The second-order valence-corrected chi connectivity index (χ2v) is 8.07. The van der Waals surface area contributed by atoms with E-state index < -0.39 is 0 Å². The monoisotopic (exact) mass is 405 g/mol. The lowest BCUT2D eigenvalue weighted by Gasteiger charge is -2.20. The highest BCUT2D eigenvalue weighted by Gasteiger charge is 2.35. The SMILES string of the molecule is CCC(=O)N1CCc2cc(N3C[C@H](C(=O)NCc4ccc(C)cc4)CC3=O)ccc21. The topological polar surface area (TPSA) is 69.7 Å². The van der Waals surface area contributed by atoms with E-state index in [1.807, 2.05) is 61.2 Å². The Hall–Kier alpha value is -3.15. The quantitative estimate of drug-likeness (QED) is 0.832. The summed E-state index contributed by atoms with van der Waals surface area (Å²) in [5, 5.41) is 2.96. The molecule has 1 N–H and O–H groups in total. The number of aryl methyl sites for hydroxylation is 1. The van der Waals surface area contributed by atoms with E-state index in [1.54, 1.807) is 4.90 Å². The van der Waals surface area contributed by atoms with Crippen LogP contribution in [0.4, 0.5) is 11.4 Å². The number of hydrogen-bond donors (Lipinski definition) is 1. The van der Waals surface area contributed by atoms with Crippen molar-refractivity contribution in [1.29, 1.82) is 0 Å². The van der Waals surface area contributed by atoms with Crippen molar-refractivity contribution in [3.8, 4) is 0 Å². The molecule has 3 amide bonds. The normalized spacial score (nSPS) is 17.9. The van der Waals surface area contributed by atoms with E-state index in [9.17, 15) is 14.4 Å². The summed E-state index contributed by atoms with van der Waals surface area (Å²) in [6.07, 6.45) is 1.49. The fourth-order valence-corrected chi connectivity index (χ4v) is 4.18. The molecule has 30 heavy (non-hydrogen) atoms. The van der Waals surface area contributed by atoms with Gasteiger partial charge < -0.3 is 15.1 Å². The van der Waals surface area contributed by atoms with Gasteiger partial charge in [-0.2, -0.15) is 0 Å². The molecule has 0 spiro atoms. The molecule has 0 radical (unpaired) electrons. The Labute approximate surface area is 176 Å². The van der Waals surface area contributed by atoms with Gasteiger partial charge in [-0.3, -0.25) is 14.4 Å². The third-order valence-corrected chi connectivity index (χ3v) is 5.96. The largest absolute Gasteiger partial charge is 0.352 e. The maximum atomic E-state index is 12.6. The fourth-order valence-electron chi connectivity index (χ4n) is 4.18. The van der Waals surface area contributed by atoms with Gasteiger partial charge in [0.2, 0.25) is 17.7 Å². The van der Waals surface area contributed by atoms with Crippen molar-refractivity contribution < 1.29 is 14.4 Å². The van der Waals surface area contributed by atoms with Crippen molar-refractivity contribution >= 4 is 29.1 Å². The van der Waals surface area contributed by atoms with Crippen molar-refractivity contribution in [2.45, 2.75) is 39.7 Å². The molecular weight excluding hydrogens is 378 g/mol. The van der Waals surface area contributed by atoms with Crippen LogP contribution in [0.15, 0.2) is 42.5 Å². The highest BCUT2D eigenvalue weighted by atomic mass is 16.2. The van der Waals surface area contributed by atoms with Crippen LogP contribution in [-0.2, 0) is 27.3 Å². The predicted molar refractivity (Wildman–Crippen MR) is 116 cm³/mol. The molecule has 2 aromatic rings. The van der Waals surface area contributed by atoms with Gasteiger partial charge in [0, 0.05) is 43.9 Å². The van der Waals surface area contributed by atoms with Gasteiger partial charge in [-0.25, -0.2) is 0 Å². The third-order valence-electron chi connectivity index (χ3n) is 5.96. The van der Waals surface area contributed by atoms with E-state index in [4.69, 9.17) is 0 Å². The molecule has 0 aliphatic carbocycles. The number of hydrogen-bond acceptors (Lipinski definition) is 3. The van der Waals surface area contributed by atoms with Crippen LogP contribution in [-0.4, -0.2) is 30.8 Å². The fraction of sp³-hybridized carbons (Fsp3) is 0.375. The second kappa shape index (κ2) is 8.30. The van der Waals surface area contributed by atoms with Crippen LogP contribution in [0.25, 0.3) is 0 Å². The Morgan fingerprint density at radius 2 is 1.90 bits per heavy atom. The molecule has 2 aliphatic rings. The van der Waals surface area contributed by atoms with Crippen molar-refractivity contribution in [3.05, 3.63) is 59.2 Å². The highest BCUT2D eigenvalue weighted by molar-refractivity contribution is 6.01. The first-order valence-electron chi connectivity index (χ1n) is 10.5. The van der Waals surface area contributed by atoms with Crippen LogP contribution in [0.1, 0.15) is 36.5 Å². The van der Waals surface area contributed by atoms with Crippen molar-refractivity contribution in [2.24, 2.45) is 5.92 Å². The van der Waals surface area contributed by atoms with Gasteiger partial charge in [0.05, 0.1) is 5.92 Å². The zero-order valence-corrected chi connectivity index (χ0v) is 17.5. The number of nitrogens with zero attached hydrogens (tertiary/aromatic N) is 2. The van der Waals surface area contributed by atoms with Gasteiger partial charge in [0.25, 0.3) is 0 Å². The summed E-state index contributed by atoms with van der Waals surface area (Å²) < 4.78 is 0. The van der Waals surface area contributed by atoms with Crippen LogP contribution < -0.4 is 15.1 Å². The van der Waals surface area contributed by atoms with Gasteiger partial charge >= 0.3 is 0 Å². The van der Waals surface area contributed by atoms with E-state index in [2.05, 4.69) is 5.32 Å². The molecule has 156 valence electrons. The summed E-state index contributed by atoms with van der Waals surface area (Å²) in [5.41, 5.74) is 5.04. The van der Waals surface area contributed by atoms with Crippen molar-refractivity contribution in [3.63, 3.8) is 0 Å². The number of anilines is 2. The Balaban J connectivity index is 1.40. The minimum Gasteiger partial charge on any atom is -0.352 e. The minimum absolute atomic E-state index is 0.0371. The molecule has 1 fully saturated rings. The number of carbonyl (C=O) groups is 3. The maximum absolute atomic E-state index is 12.6. The van der Waals surface area contributed by atoms with Gasteiger partial charge in [-0.1, -0.05) is 36.8 Å². The molecule has 1 atom stereocenters. The van der Waals surface area contributed by atoms with E-state index in [-0.39, 0.29) is 30.1 Å². The Morgan fingerprint density at radius 1 is 1.13 bits per heavy atom. The van der Waals surface area contributed by atoms with Gasteiger partial charge in [0.1, 0.15) is 0 Å². The molecule has 1 saturated heterocycles. The highest BCUT2D eigenvalue weighted by Crippen LogP contribution is 2.34. The van der Waals surface area contributed by atoms with E-state index in [1.165, 1.54) is 5.56 Å². The number of amides is 3. The number of carbonyl (C=O) groups excluding carboxylic acids is 3. The summed E-state index contributed by atoms with van der Waals surface area (Å²) in [7, 11) is 0. The Kier molecular flexibility index (Phi) is 5.57. The van der Waals surface area contributed by atoms with Crippen LogP contribution in [0.2, 0.25) is 0 Å². The molecule has 4 rings (SSSR count). The first-order chi connectivity index (χ1) is 14.5. The lowest BCUT2D eigenvalue weighted by Crippen LogP contribution is -2.32. The zero-order chi connectivity index (χ0) is 21.3.